The van der Waals surface area contributed by atoms with Gasteiger partial charge < -0.3 is 19.7 Å². The number of morpholine rings is 1. The highest BCUT2D eigenvalue weighted by atomic mass is 19.4. The Morgan fingerprint density at radius 1 is 1.23 bits per heavy atom. The van der Waals surface area contributed by atoms with Crippen molar-refractivity contribution in [3.05, 3.63) is 24.0 Å². The van der Waals surface area contributed by atoms with Gasteiger partial charge in [-0.05, 0) is 12.1 Å². The highest BCUT2D eigenvalue weighted by molar-refractivity contribution is 5.90. The average Bonchev–Trinajstić information content (AvgIpc) is 2.64. The maximum Gasteiger partial charge on any atom is 0.451 e. The van der Waals surface area contributed by atoms with E-state index >= 15 is 0 Å². The second-order valence-corrected chi connectivity index (χ2v) is 6.17. The number of alkyl halides is 3. The summed E-state index contributed by atoms with van der Waals surface area (Å²) in [5.74, 6) is -0.507. The maximum atomic E-state index is 13.1. The van der Waals surface area contributed by atoms with Gasteiger partial charge in [0.1, 0.15) is 24.7 Å². The zero-order chi connectivity index (χ0) is 18.6. The second kappa shape index (κ2) is 8.05. The molecule has 1 saturated heterocycles. The molecular formula is C17H22F3N4O2+. The van der Waals surface area contributed by atoms with Crippen molar-refractivity contribution in [3.63, 3.8) is 0 Å². The van der Waals surface area contributed by atoms with Crippen molar-refractivity contribution >= 4 is 16.7 Å². The van der Waals surface area contributed by atoms with Gasteiger partial charge >= 0.3 is 6.18 Å². The molecule has 0 radical (unpaired) electrons. The molecule has 0 spiro atoms. The number of fused-ring (bicyclic) bond motifs is 1. The molecule has 1 aliphatic rings. The summed E-state index contributed by atoms with van der Waals surface area (Å²) in [6, 6.07) is 4.83. The summed E-state index contributed by atoms with van der Waals surface area (Å²) >= 11 is 0. The molecule has 1 aromatic carbocycles. The van der Waals surface area contributed by atoms with Gasteiger partial charge in [-0.25, -0.2) is 9.97 Å². The lowest BCUT2D eigenvalue weighted by Gasteiger charge is -2.23. The normalized spacial score (nSPS) is 16.0. The van der Waals surface area contributed by atoms with Gasteiger partial charge in [-0.3, -0.25) is 0 Å². The van der Waals surface area contributed by atoms with E-state index in [-0.39, 0.29) is 11.3 Å². The van der Waals surface area contributed by atoms with Crippen LogP contribution in [0.5, 0.6) is 5.75 Å². The van der Waals surface area contributed by atoms with E-state index in [1.165, 1.54) is 18.1 Å². The molecular weight excluding hydrogens is 349 g/mol. The van der Waals surface area contributed by atoms with Gasteiger partial charge in [0.15, 0.2) is 0 Å². The number of rotatable bonds is 6. The number of aromatic nitrogens is 2. The van der Waals surface area contributed by atoms with Crippen molar-refractivity contribution in [1.82, 2.24) is 9.97 Å². The number of hydrogen-bond acceptors (Lipinski definition) is 5. The minimum atomic E-state index is -4.61. The van der Waals surface area contributed by atoms with Crippen molar-refractivity contribution < 1.29 is 27.5 Å². The first-order valence-corrected chi connectivity index (χ1v) is 8.55. The lowest BCUT2D eigenvalue weighted by atomic mass is 10.2. The van der Waals surface area contributed by atoms with Gasteiger partial charge in [0.25, 0.3) is 0 Å². The zero-order valence-corrected chi connectivity index (χ0v) is 14.5. The molecule has 0 saturated carbocycles. The van der Waals surface area contributed by atoms with Crippen molar-refractivity contribution in [2.24, 2.45) is 0 Å². The van der Waals surface area contributed by atoms with Crippen LogP contribution in [-0.2, 0) is 10.9 Å². The largest absolute Gasteiger partial charge is 0.497 e. The zero-order valence-electron chi connectivity index (χ0n) is 14.5. The Balaban J connectivity index is 1.74. The lowest BCUT2D eigenvalue weighted by Crippen LogP contribution is -3.14. The Bertz CT molecular complexity index is 749. The Labute approximate surface area is 149 Å². The van der Waals surface area contributed by atoms with Crippen molar-refractivity contribution in [1.29, 1.82) is 0 Å². The number of anilines is 1. The van der Waals surface area contributed by atoms with E-state index < -0.39 is 12.0 Å². The standard InChI is InChI=1S/C17H21F3N4O2/c1-25-12-3-4-13-14(11-12)22-16(17(18,19)20)23-15(13)21-5-2-6-24-7-9-26-10-8-24/h3-4,11H,2,5-10H2,1H3,(H,21,22,23)/p+1. The lowest BCUT2D eigenvalue weighted by molar-refractivity contribution is -0.908. The smallest absolute Gasteiger partial charge is 0.451 e. The highest BCUT2D eigenvalue weighted by Gasteiger charge is 2.35. The van der Waals surface area contributed by atoms with Gasteiger partial charge in [-0.1, -0.05) is 0 Å². The van der Waals surface area contributed by atoms with Crippen LogP contribution in [0.4, 0.5) is 19.0 Å². The maximum absolute atomic E-state index is 13.1. The van der Waals surface area contributed by atoms with E-state index in [1.54, 1.807) is 12.1 Å². The minimum Gasteiger partial charge on any atom is -0.497 e. The molecule has 2 aromatic rings. The Hall–Kier alpha value is -2.13. The molecule has 1 aromatic heterocycles. The summed E-state index contributed by atoms with van der Waals surface area (Å²) in [4.78, 5) is 8.79. The number of benzene rings is 1. The summed E-state index contributed by atoms with van der Waals surface area (Å²) < 4.78 is 49.7. The summed E-state index contributed by atoms with van der Waals surface area (Å²) in [5.41, 5.74) is 0.202. The van der Waals surface area contributed by atoms with Gasteiger partial charge in [-0.15, -0.1) is 0 Å². The van der Waals surface area contributed by atoms with Crippen LogP contribution in [0.2, 0.25) is 0 Å². The molecule has 1 fully saturated rings. The molecule has 9 heteroatoms. The van der Waals surface area contributed by atoms with Gasteiger partial charge in [0.05, 0.1) is 32.4 Å². The molecule has 0 bridgehead atoms. The number of nitrogens with one attached hydrogen (secondary N) is 2. The summed E-state index contributed by atoms with van der Waals surface area (Å²) in [6.07, 6.45) is -3.77. The SMILES string of the molecule is COc1ccc2c(NCCC[NH+]3CCOCC3)nc(C(F)(F)F)nc2c1. The van der Waals surface area contributed by atoms with Crippen LogP contribution in [0.3, 0.4) is 0 Å². The average molecular weight is 371 g/mol. The minimum absolute atomic E-state index is 0.196. The van der Waals surface area contributed by atoms with Crippen LogP contribution < -0.4 is 15.0 Å². The van der Waals surface area contributed by atoms with Gasteiger partial charge in [0, 0.05) is 24.4 Å². The highest BCUT2D eigenvalue weighted by Crippen LogP contribution is 2.31. The van der Waals surface area contributed by atoms with E-state index in [9.17, 15) is 13.2 Å². The Kier molecular flexibility index (Phi) is 5.77. The van der Waals surface area contributed by atoms with Crippen LogP contribution in [0.15, 0.2) is 18.2 Å². The van der Waals surface area contributed by atoms with E-state index in [0.29, 0.717) is 17.7 Å². The van der Waals surface area contributed by atoms with Crippen LogP contribution in [0.1, 0.15) is 12.2 Å². The molecule has 1 aliphatic heterocycles. The van der Waals surface area contributed by atoms with E-state index in [2.05, 4.69) is 15.3 Å². The third kappa shape index (κ3) is 4.53. The molecule has 3 rings (SSSR count). The molecule has 2 N–H and O–H groups in total. The summed E-state index contributed by atoms with van der Waals surface area (Å²) in [6.45, 7) is 4.94. The number of hydrogen-bond donors (Lipinski definition) is 2. The van der Waals surface area contributed by atoms with Crippen LogP contribution in [0, 0.1) is 0 Å². The van der Waals surface area contributed by atoms with Crippen molar-refractivity contribution in [2.45, 2.75) is 12.6 Å². The number of halogens is 3. The third-order valence-electron chi connectivity index (χ3n) is 4.36. The van der Waals surface area contributed by atoms with Crippen LogP contribution in [0.25, 0.3) is 10.9 Å². The summed E-state index contributed by atoms with van der Waals surface area (Å²) in [5, 5.41) is 3.58. The first-order chi connectivity index (χ1) is 12.5. The quantitative estimate of drug-likeness (QED) is 0.752. The van der Waals surface area contributed by atoms with Gasteiger partial charge in [-0.2, -0.15) is 13.2 Å². The fourth-order valence-corrected chi connectivity index (χ4v) is 2.95. The van der Waals surface area contributed by atoms with Crippen LogP contribution in [-0.4, -0.2) is 56.5 Å². The third-order valence-corrected chi connectivity index (χ3v) is 4.36. The number of quaternary nitrogens is 1. The number of ether oxygens (including phenoxy) is 2. The molecule has 0 atom stereocenters. The first kappa shape index (κ1) is 18.7. The molecule has 0 aliphatic carbocycles. The Morgan fingerprint density at radius 2 is 2.00 bits per heavy atom. The monoisotopic (exact) mass is 371 g/mol. The molecule has 2 heterocycles. The second-order valence-electron chi connectivity index (χ2n) is 6.17. The molecule has 142 valence electrons. The summed E-state index contributed by atoms with van der Waals surface area (Å²) in [7, 11) is 1.46. The first-order valence-electron chi connectivity index (χ1n) is 8.55. The molecule has 26 heavy (non-hydrogen) atoms. The van der Waals surface area contributed by atoms with Crippen molar-refractivity contribution in [3.8, 4) is 5.75 Å². The predicted octanol–water partition coefficient (Wildman–Crippen LogP) is 1.37. The topological polar surface area (TPSA) is 60.7 Å². The van der Waals surface area contributed by atoms with E-state index in [0.717, 1.165) is 39.3 Å². The van der Waals surface area contributed by atoms with E-state index in [1.807, 2.05) is 0 Å². The van der Waals surface area contributed by atoms with Crippen molar-refractivity contribution in [2.75, 3.05) is 51.8 Å². The molecule has 0 unspecified atom stereocenters. The van der Waals surface area contributed by atoms with E-state index in [4.69, 9.17) is 9.47 Å². The fourth-order valence-electron chi connectivity index (χ4n) is 2.95. The molecule has 6 nitrogen and oxygen atoms in total. The fraction of sp³-hybridized carbons (Fsp3) is 0.529. The Morgan fingerprint density at radius 3 is 2.69 bits per heavy atom. The molecule has 0 amide bonds. The number of methoxy groups -OCH3 is 1. The predicted molar refractivity (Wildman–Crippen MR) is 90.6 cm³/mol. The van der Waals surface area contributed by atoms with Crippen LogP contribution >= 0.6 is 0 Å². The number of nitrogens with zero attached hydrogens (tertiary/aromatic N) is 2. The van der Waals surface area contributed by atoms with Gasteiger partial charge in [0.2, 0.25) is 5.82 Å².